The Morgan fingerprint density at radius 1 is 1.53 bits per heavy atom. The Hall–Kier alpha value is -1.58. The van der Waals surface area contributed by atoms with Gasteiger partial charge in [-0.3, -0.25) is 4.79 Å². The van der Waals surface area contributed by atoms with Gasteiger partial charge in [-0.05, 0) is 37.0 Å². The predicted molar refractivity (Wildman–Crippen MR) is 65.1 cm³/mol. The maximum Gasteiger partial charge on any atom is 0.255 e. The normalized spacial score (nSPS) is 20.4. The first-order valence-electron chi connectivity index (χ1n) is 5.92. The van der Waals surface area contributed by atoms with Gasteiger partial charge in [-0.2, -0.15) is 0 Å². The summed E-state index contributed by atoms with van der Waals surface area (Å²) in [5.41, 5.74) is 6.30. The lowest BCUT2D eigenvalue weighted by molar-refractivity contribution is 0.0684. The number of hydrogen-bond acceptors (Lipinski definition) is 2. The van der Waals surface area contributed by atoms with Gasteiger partial charge in [-0.1, -0.05) is 6.92 Å². The van der Waals surface area contributed by atoms with Crippen LogP contribution in [0, 0.1) is 11.7 Å². The topological polar surface area (TPSA) is 46.3 Å². The van der Waals surface area contributed by atoms with Crippen molar-refractivity contribution in [2.24, 2.45) is 5.92 Å². The van der Waals surface area contributed by atoms with Crippen molar-refractivity contribution in [2.75, 3.05) is 18.8 Å². The number of carbonyl (C=O) groups excluding carboxylic acids is 1. The molecular weight excluding hydrogens is 219 g/mol. The molecular formula is C13H17FN2O. The quantitative estimate of drug-likeness (QED) is 0.760. The molecule has 1 atom stereocenters. The van der Waals surface area contributed by atoms with E-state index < -0.39 is 5.82 Å². The van der Waals surface area contributed by atoms with E-state index in [-0.39, 0.29) is 11.6 Å². The molecule has 1 saturated heterocycles. The number of nitrogen functional groups attached to an aromatic ring is 1. The number of hydrogen-bond donors (Lipinski definition) is 1. The van der Waals surface area contributed by atoms with Gasteiger partial charge in [0.25, 0.3) is 5.91 Å². The SMILES string of the molecule is CC1CCCN(C(=O)c2ccc(F)cc2N)C1. The summed E-state index contributed by atoms with van der Waals surface area (Å²) in [6.45, 7) is 3.66. The Bertz CT molecular complexity index is 433. The van der Waals surface area contributed by atoms with Crippen molar-refractivity contribution in [2.45, 2.75) is 19.8 Å². The summed E-state index contributed by atoms with van der Waals surface area (Å²) in [6, 6.07) is 3.93. The molecule has 2 N–H and O–H groups in total. The highest BCUT2D eigenvalue weighted by Crippen LogP contribution is 2.21. The number of halogens is 1. The van der Waals surface area contributed by atoms with Gasteiger partial charge in [0.05, 0.1) is 5.56 Å². The van der Waals surface area contributed by atoms with Gasteiger partial charge in [0.1, 0.15) is 5.82 Å². The van der Waals surface area contributed by atoms with E-state index in [1.165, 1.54) is 18.2 Å². The minimum atomic E-state index is -0.411. The van der Waals surface area contributed by atoms with Crippen molar-refractivity contribution in [3.05, 3.63) is 29.6 Å². The summed E-state index contributed by atoms with van der Waals surface area (Å²) in [5, 5.41) is 0. The lowest BCUT2D eigenvalue weighted by atomic mass is 9.99. The Labute approximate surface area is 100 Å². The third-order valence-electron chi connectivity index (χ3n) is 3.19. The van der Waals surface area contributed by atoms with E-state index >= 15 is 0 Å². The molecule has 4 heteroatoms. The second-order valence-electron chi connectivity index (χ2n) is 4.73. The standard InChI is InChI=1S/C13H17FN2O/c1-9-3-2-6-16(8-9)13(17)11-5-4-10(14)7-12(11)15/h4-5,7,9H,2-3,6,8,15H2,1H3. The summed E-state index contributed by atoms with van der Waals surface area (Å²) >= 11 is 0. The maximum atomic E-state index is 12.9. The molecule has 92 valence electrons. The Kier molecular flexibility index (Phi) is 3.31. The molecule has 0 saturated carbocycles. The largest absolute Gasteiger partial charge is 0.398 e. The van der Waals surface area contributed by atoms with Crippen LogP contribution in [0.3, 0.4) is 0 Å². The smallest absolute Gasteiger partial charge is 0.255 e. The zero-order valence-corrected chi connectivity index (χ0v) is 9.95. The second kappa shape index (κ2) is 4.73. The van der Waals surface area contributed by atoms with Crippen molar-refractivity contribution >= 4 is 11.6 Å². The molecule has 1 heterocycles. The second-order valence-corrected chi connectivity index (χ2v) is 4.73. The third-order valence-corrected chi connectivity index (χ3v) is 3.19. The molecule has 1 aromatic rings. The zero-order valence-electron chi connectivity index (χ0n) is 9.95. The summed E-state index contributed by atoms with van der Waals surface area (Å²) in [7, 11) is 0. The number of nitrogens with zero attached hydrogens (tertiary/aromatic N) is 1. The lowest BCUT2D eigenvalue weighted by Gasteiger charge is -2.31. The number of likely N-dealkylation sites (tertiary alicyclic amines) is 1. The van der Waals surface area contributed by atoms with Crippen LogP contribution in [0.15, 0.2) is 18.2 Å². The maximum absolute atomic E-state index is 12.9. The average molecular weight is 236 g/mol. The van der Waals surface area contributed by atoms with Crippen molar-refractivity contribution in [3.63, 3.8) is 0 Å². The molecule has 0 spiro atoms. The Balaban J connectivity index is 2.18. The van der Waals surface area contributed by atoms with Crippen molar-refractivity contribution < 1.29 is 9.18 Å². The van der Waals surface area contributed by atoms with Gasteiger partial charge in [0.15, 0.2) is 0 Å². The molecule has 0 aliphatic carbocycles. The first-order chi connectivity index (χ1) is 8.08. The molecule has 0 radical (unpaired) electrons. The number of carbonyl (C=O) groups is 1. The highest BCUT2D eigenvalue weighted by Gasteiger charge is 2.23. The Morgan fingerprint density at radius 2 is 2.29 bits per heavy atom. The highest BCUT2D eigenvalue weighted by molar-refractivity contribution is 5.99. The molecule has 17 heavy (non-hydrogen) atoms. The number of piperidine rings is 1. The number of benzene rings is 1. The molecule has 1 fully saturated rings. The van der Waals surface area contributed by atoms with Gasteiger partial charge < -0.3 is 10.6 Å². The first kappa shape index (κ1) is 11.9. The lowest BCUT2D eigenvalue weighted by Crippen LogP contribution is -2.39. The molecule has 1 unspecified atom stereocenters. The molecule has 0 aromatic heterocycles. The number of amides is 1. The van der Waals surface area contributed by atoms with E-state index in [0.717, 1.165) is 25.9 Å². The number of anilines is 1. The van der Waals surface area contributed by atoms with Crippen molar-refractivity contribution in [1.29, 1.82) is 0 Å². The fourth-order valence-corrected chi connectivity index (χ4v) is 2.27. The minimum Gasteiger partial charge on any atom is -0.398 e. The van der Waals surface area contributed by atoms with E-state index in [2.05, 4.69) is 6.92 Å². The van der Waals surface area contributed by atoms with Crippen LogP contribution >= 0.6 is 0 Å². The van der Waals surface area contributed by atoms with Gasteiger partial charge in [-0.15, -0.1) is 0 Å². The molecule has 3 nitrogen and oxygen atoms in total. The molecule has 1 aliphatic heterocycles. The minimum absolute atomic E-state index is 0.0888. The van der Waals surface area contributed by atoms with Crippen molar-refractivity contribution in [3.8, 4) is 0 Å². The third kappa shape index (κ3) is 2.57. The van der Waals surface area contributed by atoms with E-state index in [1.54, 1.807) is 4.90 Å². The van der Waals surface area contributed by atoms with Gasteiger partial charge >= 0.3 is 0 Å². The van der Waals surface area contributed by atoms with Crippen molar-refractivity contribution in [1.82, 2.24) is 4.90 Å². The van der Waals surface area contributed by atoms with E-state index in [1.807, 2.05) is 0 Å². The fourth-order valence-electron chi connectivity index (χ4n) is 2.27. The van der Waals surface area contributed by atoms with E-state index in [0.29, 0.717) is 11.5 Å². The van der Waals surface area contributed by atoms with Crippen LogP contribution in [0.5, 0.6) is 0 Å². The number of rotatable bonds is 1. The average Bonchev–Trinajstić information content (AvgIpc) is 2.28. The fraction of sp³-hybridized carbons (Fsp3) is 0.462. The van der Waals surface area contributed by atoms with Crippen LogP contribution in [-0.4, -0.2) is 23.9 Å². The molecule has 1 aliphatic rings. The monoisotopic (exact) mass is 236 g/mol. The van der Waals surface area contributed by atoms with Crippen LogP contribution < -0.4 is 5.73 Å². The predicted octanol–water partition coefficient (Wildman–Crippen LogP) is 2.28. The van der Waals surface area contributed by atoms with E-state index in [9.17, 15) is 9.18 Å². The highest BCUT2D eigenvalue weighted by atomic mass is 19.1. The Morgan fingerprint density at radius 3 is 2.94 bits per heavy atom. The molecule has 1 amide bonds. The van der Waals surface area contributed by atoms with Gasteiger partial charge in [-0.25, -0.2) is 4.39 Å². The van der Waals surface area contributed by atoms with Gasteiger partial charge in [0, 0.05) is 18.8 Å². The summed E-state index contributed by atoms with van der Waals surface area (Å²) in [6.07, 6.45) is 2.18. The molecule has 2 rings (SSSR count). The van der Waals surface area contributed by atoms with Gasteiger partial charge in [0.2, 0.25) is 0 Å². The molecule has 1 aromatic carbocycles. The van der Waals surface area contributed by atoms with Crippen LogP contribution in [-0.2, 0) is 0 Å². The molecule has 0 bridgehead atoms. The van der Waals surface area contributed by atoms with Crippen LogP contribution in [0.25, 0.3) is 0 Å². The zero-order chi connectivity index (χ0) is 12.4. The summed E-state index contributed by atoms with van der Waals surface area (Å²) in [5.74, 6) is 0.0227. The number of nitrogens with two attached hydrogens (primary N) is 1. The summed E-state index contributed by atoms with van der Waals surface area (Å²) in [4.78, 5) is 14.0. The first-order valence-corrected chi connectivity index (χ1v) is 5.92. The van der Waals surface area contributed by atoms with Crippen LogP contribution in [0.4, 0.5) is 10.1 Å². The van der Waals surface area contributed by atoms with E-state index in [4.69, 9.17) is 5.73 Å². The van der Waals surface area contributed by atoms with Crippen LogP contribution in [0.1, 0.15) is 30.1 Å². The van der Waals surface area contributed by atoms with Crippen LogP contribution in [0.2, 0.25) is 0 Å². The summed E-state index contributed by atoms with van der Waals surface area (Å²) < 4.78 is 12.9.